The maximum absolute atomic E-state index is 12.5. The summed E-state index contributed by atoms with van der Waals surface area (Å²) >= 11 is 6.19. The molecule has 0 fully saturated rings. The Balaban J connectivity index is 2.01. The molecule has 0 saturated heterocycles. The van der Waals surface area contributed by atoms with Crippen LogP contribution in [0.3, 0.4) is 0 Å². The largest absolute Gasteiger partial charge is 0.340 e. The van der Waals surface area contributed by atoms with Gasteiger partial charge in [0, 0.05) is 28.7 Å². The minimum Gasteiger partial charge on any atom is -0.340 e. The fourth-order valence-corrected chi connectivity index (χ4v) is 2.67. The maximum Gasteiger partial charge on any atom is 0.272 e. The van der Waals surface area contributed by atoms with Crippen LogP contribution in [0.15, 0.2) is 48.5 Å². The Morgan fingerprint density at radius 1 is 1.14 bits per heavy atom. The fraction of sp³-hybridized carbons (Fsp3) is 0.118. The first-order valence-electron chi connectivity index (χ1n) is 6.69. The molecule has 0 spiro atoms. The van der Waals surface area contributed by atoms with E-state index in [0.29, 0.717) is 10.7 Å². The zero-order valence-corrected chi connectivity index (χ0v) is 12.6. The van der Waals surface area contributed by atoms with Crippen molar-refractivity contribution in [1.82, 2.24) is 4.57 Å². The number of aromatic nitrogens is 1. The van der Waals surface area contributed by atoms with Gasteiger partial charge in [0.1, 0.15) is 5.69 Å². The summed E-state index contributed by atoms with van der Waals surface area (Å²) in [5.74, 6) is -0.140. The van der Waals surface area contributed by atoms with E-state index in [1.54, 1.807) is 0 Å². The molecule has 1 aromatic heterocycles. The normalized spacial score (nSPS) is 10.8. The van der Waals surface area contributed by atoms with Crippen molar-refractivity contribution in [2.45, 2.75) is 6.92 Å². The molecule has 3 rings (SSSR count). The van der Waals surface area contributed by atoms with Crippen LogP contribution in [0, 0.1) is 6.92 Å². The van der Waals surface area contributed by atoms with E-state index >= 15 is 0 Å². The summed E-state index contributed by atoms with van der Waals surface area (Å²) in [6.07, 6.45) is 0. The van der Waals surface area contributed by atoms with Crippen molar-refractivity contribution < 1.29 is 4.79 Å². The second-order valence-corrected chi connectivity index (χ2v) is 5.44. The number of hydrogen-bond donors (Lipinski definition) is 1. The lowest BCUT2D eigenvalue weighted by atomic mass is 10.2. The molecular weight excluding hydrogens is 284 g/mol. The van der Waals surface area contributed by atoms with E-state index in [1.165, 1.54) is 0 Å². The van der Waals surface area contributed by atoms with Crippen LogP contribution in [0.1, 0.15) is 16.1 Å². The molecule has 0 aliphatic carbocycles. The number of rotatable bonds is 2. The highest BCUT2D eigenvalue weighted by Gasteiger charge is 2.15. The van der Waals surface area contributed by atoms with Gasteiger partial charge in [0.05, 0.1) is 0 Å². The highest BCUT2D eigenvalue weighted by Crippen LogP contribution is 2.26. The lowest BCUT2D eigenvalue weighted by Gasteiger charge is -2.08. The maximum atomic E-state index is 12.5. The van der Waals surface area contributed by atoms with Crippen LogP contribution in [-0.4, -0.2) is 10.5 Å². The Kier molecular flexibility index (Phi) is 3.43. The van der Waals surface area contributed by atoms with Gasteiger partial charge in [-0.15, -0.1) is 0 Å². The van der Waals surface area contributed by atoms with Crippen molar-refractivity contribution in [2.75, 3.05) is 5.32 Å². The highest BCUT2D eigenvalue weighted by atomic mass is 35.5. The summed E-state index contributed by atoms with van der Waals surface area (Å²) in [6, 6.07) is 15.2. The molecule has 0 atom stereocenters. The van der Waals surface area contributed by atoms with Gasteiger partial charge in [0.15, 0.2) is 0 Å². The predicted octanol–water partition coefficient (Wildman–Crippen LogP) is 4.39. The van der Waals surface area contributed by atoms with Gasteiger partial charge in [-0.1, -0.05) is 35.9 Å². The quantitative estimate of drug-likeness (QED) is 0.748. The molecule has 4 heteroatoms. The number of fused-ring (bicyclic) bond motifs is 1. The first kappa shape index (κ1) is 13.7. The Hall–Kier alpha value is -2.26. The van der Waals surface area contributed by atoms with E-state index < -0.39 is 0 Å². The number of carbonyl (C=O) groups excluding carboxylic acids is 1. The number of aryl methyl sites for hydroxylation is 2. The van der Waals surface area contributed by atoms with Crippen LogP contribution in [0.2, 0.25) is 5.02 Å². The minimum absolute atomic E-state index is 0.140. The molecule has 1 amide bonds. The fourth-order valence-electron chi connectivity index (χ4n) is 2.44. The molecular formula is C17H15ClN2O. The summed E-state index contributed by atoms with van der Waals surface area (Å²) in [7, 11) is 1.87. The average molecular weight is 299 g/mol. The summed E-state index contributed by atoms with van der Waals surface area (Å²) in [5.41, 5.74) is 3.38. The van der Waals surface area contributed by atoms with Crippen molar-refractivity contribution in [2.24, 2.45) is 7.05 Å². The summed E-state index contributed by atoms with van der Waals surface area (Å²) in [6.45, 7) is 1.97. The molecule has 3 nitrogen and oxygen atoms in total. The number of halogens is 1. The molecule has 0 saturated carbocycles. The van der Waals surface area contributed by atoms with Crippen molar-refractivity contribution in [1.29, 1.82) is 0 Å². The predicted molar refractivity (Wildman–Crippen MR) is 87.1 cm³/mol. The minimum atomic E-state index is -0.140. The van der Waals surface area contributed by atoms with E-state index in [-0.39, 0.29) is 5.91 Å². The van der Waals surface area contributed by atoms with Gasteiger partial charge < -0.3 is 9.88 Å². The van der Waals surface area contributed by atoms with Crippen LogP contribution in [0.5, 0.6) is 0 Å². The molecule has 0 bridgehead atoms. The molecule has 3 aromatic rings. The van der Waals surface area contributed by atoms with Gasteiger partial charge in [0.25, 0.3) is 5.91 Å². The standard InChI is InChI=1S/C17H15ClN2O/c1-11-6-3-4-8-14(11)19-17(21)16-10-12-13(18)7-5-9-15(12)20(16)2/h3-10H,1-2H3,(H,19,21). The van der Waals surface area contributed by atoms with Crippen molar-refractivity contribution in [3.8, 4) is 0 Å². The lowest BCUT2D eigenvalue weighted by molar-refractivity contribution is 0.101. The van der Waals surface area contributed by atoms with Gasteiger partial charge in [0.2, 0.25) is 0 Å². The molecule has 0 aliphatic rings. The Bertz CT molecular complexity index is 836. The molecule has 0 unspecified atom stereocenters. The zero-order valence-electron chi connectivity index (χ0n) is 11.9. The molecule has 106 valence electrons. The Labute approximate surface area is 128 Å². The van der Waals surface area contributed by atoms with Crippen molar-refractivity contribution in [3.63, 3.8) is 0 Å². The first-order chi connectivity index (χ1) is 10.1. The van der Waals surface area contributed by atoms with Crippen LogP contribution in [0.25, 0.3) is 10.9 Å². The van der Waals surface area contributed by atoms with Crippen LogP contribution in [-0.2, 0) is 7.05 Å². The van der Waals surface area contributed by atoms with Gasteiger partial charge in [-0.25, -0.2) is 0 Å². The molecule has 0 radical (unpaired) electrons. The third-order valence-corrected chi connectivity index (χ3v) is 3.99. The molecule has 0 aliphatic heterocycles. The Morgan fingerprint density at radius 2 is 1.90 bits per heavy atom. The number of carbonyl (C=O) groups is 1. The van der Waals surface area contributed by atoms with E-state index in [9.17, 15) is 4.79 Å². The van der Waals surface area contributed by atoms with Crippen LogP contribution < -0.4 is 5.32 Å². The molecule has 1 N–H and O–H groups in total. The van der Waals surface area contributed by atoms with E-state index in [0.717, 1.165) is 22.2 Å². The Morgan fingerprint density at radius 3 is 2.62 bits per heavy atom. The summed E-state index contributed by atoms with van der Waals surface area (Å²) in [4.78, 5) is 12.5. The third-order valence-electron chi connectivity index (χ3n) is 3.66. The number of amides is 1. The van der Waals surface area contributed by atoms with Crippen molar-refractivity contribution in [3.05, 3.63) is 64.8 Å². The van der Waals surface area contributed by atoms with Crippen molar-refractivity contribution >= 4 is 34.1 Å². The number of hydrogen-bond acceptors (Lipinski definition) is 1. The topological polar surface area (TPSA) is 34.0 Å². The van der Waals surface area contributed by atoms with Gasteiger partial charge in [-0.2, -0.15) is 0 Å². The lowest BCUT2D eigenvalue weighted by Crippen LogP contribution is -2.16. The molecule has 1 heterocycles. The monoisotopic (exact) mass is 298 g/mol. The number of benzene rings is 2. The average Bonchev–Trinajstić information content (AvgIpc) is 2.81. The van der Waals surface area contributed by atoms with E-state index in [4.69, 9.17) is 11.6 Å². The second-order valence-electron chi connectivity index (χ2n) is 5.03. The zero-order chi connectivity index (χ0) is 15.0. The smallest absolute Gasteiger partial charge is 0.272 e. The highest BCUT2D eigenvalue weighted by molar-refractivity contribution is 6.35. The second kappa shape index (κ2) is 5.26. The van der Waals surface area contributed by atoms with E-state index in [2.05, 4.69) is 5.32 Å². The summed E-state index contributed by atoms with van der Waals surface area (Å²) < 4.78 is 1.86. The number of nitrogens with zero attached hydrogens (tertiary/aromatic N) is 1. The SMILES string of the molecule is Cc1ccccc1NC(=O)c1cc2c(Cl)cccc2n1C. The van der Waals surface area contributed by atoms with E-state index in [1.807, 2.05) is 67.1 Å². The summed E-state index contributed by atoms with van der Waals surface area (Å²) in [5, 5.41) is 4.48. The number of nitrogens with one attached hydrogen (secondary N) is 1. The van der Waals surface area contributed by atoms with Gasteiger partial charge >= 0.3 is 0 Å². The molecule has 21 heavy (non-hydrogen) atoms. The van der Waals surface area contributed by atoms with Crippen LogP contribution in [0.4, 0.5) is 5.69 Å². The number of anilines is 1. The third kappa shape index (κ3) is 2.41. The van der Waals surface area contributed by atoms with Gasteiger partial charge in [-0.05, 0) is 36.8 Å². The molecule has 2 aromatic carbocycles. The number of para-hydroxylation sites is 1. The van der Waals surface area contributed by atoms with Gasteiger partial charge in [-0.3, -0.25) is 4.79 Å². The van der Waals surface area contributed by atoms with Crippen LogP contribution >= 0.6 is 11.6 Å². The first-order valence-corrected chi connectivity index (χ1v) is 7.06.